The van der Waals surface area contributed by atoms with Crippen LogP contribution < -0.4 is 5.32 Å². The maximum absolute atomic E-state index is 12.2. The summed E-state index contributed by atoms with van der Waals surface area (Å²) in [6.07, 6.45) is 8.27. The Labute approximate surface area is 186 Å². The zero-order valence-corrected chi connectivity index (χ0v) is 19.6. The van der Waals surface area contributed by atoms with E-state index in [0.717, 1.165) is 51.4 Å². The van der Waals surface area contributed by atoms with Gasteiger partial charge < -0.3 is 20.3 Å². The number of hydrogen-bond donors (Lipinski definition) is 3. The second kappa shape index (κ2) is 8.24. The largest absolute Gasteiger partial charge is 0.481 e. The smallest absolute Gasteiger partial charge is 0.407 e. The number of carboxylic acid groups (broad SMARTS) is 1. The van der Waals surface area contributed by atoms with Gasteiger partial charge in [-0.3, -0.25) is 4.79 Å². The fraction of sp³-hybridized carbons (Fsp3) is 0.920. The van der Waals surface area contributed by atoms with E-state index >= 15 is 0 Å². The third-order valence-corrected chi connectivity index (χ3v) is 10.3. The molecule has 176 valence electrons. The Morgan fingerprint density at radius 2 is 1.65 bits per heavy atom. The summed E-state index contributed by atoms with van der Waals surface area (Å²) in [5, 5.41) is 22.1. The van der Waals surface area contributed by atoms with Crippen molar-refractivity contribution in [1.82, 2.24) is 5.32 Å². The molecule has 0 aromatic rings. The Morgan fingerprint density at radius 1 is 0.968 bits per heavy atom. The molecule has 4 aliphatic rings. The Morgan fingerprint density at radius 3 is 2.32 bits per heavy atom. The molecule has 0 spiro atoms. The van der Waals surface area contributed by atoms with E-state index in [1.165, 1.54) is 6.42 Å². The molecule has 1 amide bonds. The van der Waals surface area contributed by atoms with Gasteiger partial charge in [-0.25, -0.2) is 4.79 Å². The molecule has 0 radical (unpaired) electrons. The van der Waals surface area contributed by atoms with Gasteiger partial charge in [0.25, 0.3) is 0 Å². The van der Waals surface area contributed by atoms with Crippen molar-refractivity contribution in [3.63, 3.8) is 0 Å². The number of rotatable bonds is 4. The van der Waals surface area contributed by atoms with Gasteiger partial charge >= 0.3 is 12.1 Å². The van der Waals surface area contributed by atoms with E-state index in [-0.39, 0.29) is 28.9 Å². The van der Waals surface area contributed by atoms with Crippen LogP contribution in [-0.2, 0) is 9.53 Å². The highest BCUT2D eigenvalue weighted by molar-refractivity contribution is 5.71. The van der Waals surface area contributed by atoms with Crippen molar-refractivity contribution >= 4 is 12.1 Å². The molecule has 3 N–H and O–H groups in total. The van der Waals surface area contributed by atoms with Gasteiger partial charge in [-0.2, -0.15) is 0 Å². The average Bonchev–Trinajstić information content (AvgIpc) is 3.05. The number of aliphatic carboxylic acids is 1. The number of nitrogens with one attached hydrogen (secondary N) is 1. The molecule has 4 fully saturated rings. The minimum absolute atomic E-state index is 0.0326. The molecule has 5 unspecified atom stereocenters. The predicted octanol–water partition coefficient (Wildman–Crippen LogP) is 4.59. The van der Waals surface area contributed by atoms with Crippen molar-refractivity contribution in [1.29, 1.82) is 0 Å². The number of carbonyl (C=O) groups is 2. The van der Waals surface area contributed by atoms with Crippen molar-refractivity contribution in [2.45, 2.75) is 104 Å². The molecule has 6 nitrogen and oxygen atoms in total. The fourth-order valence-corrected chi connectivity index (χ4v) is 8.22. The highest BCUT2D eigenvalue weighted by Crippen LogP contribution is 2.67. The average molecular weight is 436 g/mol. The maximum atomic E-state index is 12.2. The van der Waals surface area contributed by atoms with Crippen LogP contribution in [0.25, 0.3) is 0 Å². The molecule has 0 aromatic carbocycles. The number of alkyl carbamates (subject to hydrolysis) is 1. The first-order valence-corrected chi connectivity index (χ1v) is 12.4. The minimum Gasteiger partial charge on any atom is -0.481 e. The van der Waals surface area contributed by atoms with Crippen LogP contribution in [0.4, 0.5) is 4.79 Å². The van der Waals surface area contributed by atoms with Crippen LogP contribution in [0.5, 0.6) is 0 Å². The molecule has 10 atom stereocenters. The Bertz CT molecular complexity index is 710. The lowest BCUT2D eigenvalue weighted by Crippen LogP contribution is -2.54. The van der Waals surface area contributed by atoms with E-state index in [1.807, 2.05) is 0 Å². The first kappa shape index (κ1) is 22.9. The van der Waals surface area contributed by atoms with Gasteiger partial charge in [-0.05, 0) is 106 Å². The predicted molar refractivity (Wildman–Crippen MR) is 117 cm³/mol. The number of carboxylic acids is 1. The second-order valence-electron chi connectivity index (χ2n) is 11.6. The minimum atomic E-state index is -0.606. The summed E-state index contributed by atoms with van der Waals surface area (Å²) in [6, 6.07) is -0.325. The number of aliphatic hydroxyl groups excluding tert-OH is 1. The van der Waals surface area contributed by atoms with Gasteiger partial charge in [0.05, 0.1) is 18.1 Å². The topological polar surface area (TPSA) is 95.9 Å². The van der Waals surface area contributed by atoms with Gasteiger partial charge in [-0.1, -0.05) is 13.8 Å². The Kier molecular flexibility index (Phi) is 6.08. The second-order valence-corrected chi connectivity index (χ2v) is 11.6. The van der Waals surface area contributed by atoms with Crippen molar-refractivity contribution in [2.75, 3.05) is 0 Å². The van der Waals surface area contributed by atoms with Crippen molar-refractivity contribution in [3.8, 4) is 0 Å². The van der Waals surface area contributed by atoms with E-state index < -0.39 is 18.2 Å². The fourth-order valence-electron chi connectivity index (χ4n) is 8.22. The number of amides is 1. The Hall–Kier alpha value is -1.30. The molecule has 0 bridgehead atoms. The third-order valence-electron chi connectivity index (χ3n) is 10.3. The summed E-state index contributed by atoms with van der Waals surface area (Å²) >= 11 is 0. The van der Waals surface area contributed by atoms with Gasteiger partial charge in [0, 0.05) is 0 Å². The normalized spacial score (nSPS) is 46.1. The van der Waals surface area contributed by atoms with Crippen LogP contribution in [0.2, 0.25) is 0 Å². The Balaban J connectivity index is 1.41. The lowest BCUT2D eigenvalue weighted by Gasteiger charge is -2.60. The van der Waals surface area contributed by atoms with Crippen LogP contribution in [0, 0.1) is 40.4 Å². The number of fused-ring (bicyclic) bond motifs is 5. The van der Waals surface area contributed by atoms with Crippen molar-refractivity contribution in [3.05, 3.63) is 0 Å². The van der Waals surface area contributed by atoms with Gasteiger partial charge in [0.2, 0.25) is 0 Å². The molecule has 0 heterocycles. The molecule has 4 aliphatic carbocycles. The van der Waals surface area contributed by atoms with E-state index in [2.05, 4.69) is 19.2 Å². The number of aliphatic hydroxyl groups is 1. The van der Waals surface area contributed by atoms with Gasteiger partial charge in [-0.15, -0.1) is 0 Å². The van der Waals surface area contributed by atoms with E-state index in [9.17, 15) is 19.8 Å². The number of ether oxygens (including phenoxy) is 1. The van der Waals surface area contributed by atoms with Gasteiger partial charge in [0.1, 0.15) is 6.10 Å². The summed E-state index contributed by atoms with van der Waals surface area (Å²) in [5.74, 6) is 1.67. The summed E-state index contributed by atoms with van der Waals surface area (Å²) in [4.78, 5) is 24.1. The van der Waals surface area contributed by atoms with Crippen LogP contribution in [-0.4, -0.2) is 40.5 Å². The van der Waals surface area contributed by atoms with E-state index in [1.54, 1.807) is 13.8 Å². The number of carbonyl (C=O) groups excluding carboxylic acids is 1. The molecule has 4 saturated carbocycles. The van der Waals surface area contributed by atoms with E-state index in [0.29, 0.717) is 23.7 Å². The SMILES string of the molecule is CC(O)C(C)NC(=O)OC1CC[C@@]2(C)C(CC[C@@H]3[C@@H]2CC[C@]2(C)C(C(=O)O)CC[C@@H]32)C1. The molecule has 31 heavy (non-hydrogen) atoms. The lowest BCUT2D eigenvalue weighted by molar-refractivity contribution is -0.154. The van der Waals surface area contributed by atoms with Crippen LogP contribution >= 0.6 is 0 Å². The molecule has 0 aromatic heterocycles. The summed E-state index contributed by atoms with van der Waals surface area (Å²) in [6.45, 7) is 8.16. The molecule has 6 heteroatoms. The first-order valence-electron chi connectivity index (χ1n) is 12.4. The molecular weight excluding hydrogens is 394 g/mol. The first-order chi connectivity index (χ1) is 14.6. The summed E-state index contributed by atoms with van der Waals surface area (Å²) in [5.41, 5.74) is 0.240. The zero-order chi connectivity index (χ0) is 22.6. The number of hydrogen-bond acceptors (Lipinski definition) is 4. The van der Waals surface area contributed by atoms with Gasteiger partial charge in [0.15, 0.2) is 0 Å². The quantitative estimate of drug-likeness (QED) is 0.600. The highest BCUT2D eigenvalue weighted by atomic mass is 16.6. The molecule has 4 rings (SSSR count). The maximum Gasteiger partial charge on any atom is 0.407 e. The third kappa shape index (κ3) is 3.87. The van der Waals surface area contributed by atoms with E-state index in [4.69, 9.17) is 4.74 Å². The molecule has 0 saturated heterocycles. The van der Waals surface area contributed by atoms with Crippen LogP contribution in [0.15, 0.2) is 0 Å². The molecular formula is C25H41NO5. The molecule has 0 aliphatic heterocycles. The van der Waals surface area contributed by atoms with Crippen LogP contribution in [0.1, 0.15) is 85.5 Å². The summed E-state index contributed by atoms with van der Waals surface area (Å²) < 4.78 is 5.74. The summed E-state index contributed by atoms with van der Waals surface area (Å²) in [7, 11) is 0. The van der Waals surface area contributed by atoms with Crippen LogP contribution in [0.3, 0.4) is 0 Å². The monoisotopic (exact) mass is 435 g/mol. The highest BCUT2D eigenvalue weighted by Gasteiger charge is 2.61. The standard InChI is InChI=1S/C25H41NO5/c1-14(15(2)27)26-23(30)31-17-9-11-24(3)16(13-17)5-6-18-19-7-8-21(22(28)29)25(19,4)12-10-20(18)24/h14-21,27H,5-13H2,1-4H3,(H,26,30)(H,28,29)/t14?,15?,16?,17?,18-,19-,20-,21?,24-,25-/m0/s1. The zero-order valence-electron chi connectivity index (χ0n) is 19.6. The van der Waals surface area contributed by atoms with Crippen molar-refractivity contribution in [2.24, 2.45) is 40.4 Å². The van der Waals surface area contributed by atoms with Crippen molar-refractivity contribution < 1.29 is 24.5 Å². The lowest BCUT2D eigenvalue weighted by atomic mass is 9.44.